The fourth-order valence-electron chi connectivity index (χ4n) is 5.13. The van der Waals surface area contributed by atoms with Crippen molar-refractivity contribution in [1.29, 1.82) is 0 Å². The molecule has 0 aromatic rings. The van der Waals surface area contributed by atoms with Gasteiger partial charge >= 0.3 is 0 Å². The maximum absolute atomic E-state index is 11.3. The third kappa shape index (κ3) is 29.5. The molecule has 0 amide bonds. The zero-order valence-electron chi connectivity index (χ0n) is 24.4. The number of rotatable bonds is 30. The van der Waals surface area contributed by atoms with Gasteiger partial charge in [-0.25, -0.2) is 0 Å². The second kappa shape index (κ2) is 31.4. The Hall–Kier alpha value is -0.590. The molecule has 0 saturated carbocycles. The Bertz CT molecular complexity index is 413. The molecule has 0 fully saturated rings. The molecule has 0 bridgehead atoms. The van der Waals surface area contributed by atoms with Crippen LogP contribution < -0.4 is 0 Å². The average molecular weight is 490 g/mol. The molecule has 0 aliphatic heterocycles. The van der Waals surface area contributed by atoms with Crippen LogP contribution in [0.4, 0.5) is 0 Å². The van der Waals surface area contributed by atoms with Gasteiger partial charge in [0.2, 0.25) is 6.29 Å². The highest BCUT2D eigenvalue weighted by Gasteiger charge is 2.07. The lowest BCUT2D eigenvalue weighted by molar-refractivity contribution is 0.449. The van der Waals surface area contributed by atoms with Gasteiger partial charge in [0, 0.05) is 5.92 Å². The standard InChI is InChI=1S/C34H65O/c1-3-5-7-9-11-13-15-17-18-19-20-22-24-26-28-30-32-34(33-35)31-29-27-25-23-21-16-14-12-10-8-6-4-2/h17-18,34H,3-16,19-32H2,1-2H3/b18-17-. The molecule has 1 radical (unpaired) electrons. The number of unbranched alkanes of at least 4 members (excludes halogenated alkanes) is 23. The highest BCUT2D eigenvalue weighted by Crippen LogP contribution is 2.18. The minimum absolute atomic E-state index is 0.204. The normalized spacial score (nSPS) is 12.5. The molecule has 0 aromatic heterocycles. The average Bonchev–Trinajstić information content (AvgIpc) is 2.87. The van der Waals surface area contributed by atoms with Gasteiger partial charge < -0.3 is 0 Å². The minimum Gasteiger partial charge on any atom is -0.291 e. The van der Waals surface area contributed by atoms with Crippen molar-refractivity contribution >= 4 is 6.29 Å². The first-order valence-electron chi connectivity index (χ1n) is 16.4. The van der Waals surface area contributed by atoms with Crippen LogP contribution in [0.2, 0.25) is 0 Å². The number of allylic oxidation sites excluding steroid dienone is 2. The second-order valence-corrected chi connectivity index (χ2v) is 11.2. The van der Waals surface area contributed by atoms with Crippen molar-refractivity contribution in [1.82, 2.24) is 0 Å². The lowest BCUT2D eigenvalue weighted by Crippen LogP contribution is -2.02. The molecular weight excluding hydrogens is 424 g/mol. The van der Waals surface area contributed by atoms with Crippen molar-refractivity contribution in [3.8, 4) is 0 Å². The molecule has 0 saturated heterocycles. The molecule has 1 atom stereocenters. The fraction of sp³-hybridized carbons (Fsp3) is 0.912. The van der Waals surface area contributed by atoms with Crippen molar-refractivity contribution < 1.29 is 4.79 Å². The summed E-state index contributed by atoms with van der Waals surface area (Å²) in [5.74, 6) is 0.204. The van der Waals surface area contributed by atoms with Crippen LogP contribution in [0.1, 0.15) is 194 Å². The maximum atomic E-state index is 11.3. The molecular formula is C34H65O. The van der Waals surface area contributed by atoms with Gasteiger partial charge in [-0.15, -0.1) is 0 Å². The highest BCUT2D eigenvalue weighted by molar-refractivity contribution is 5.54. The summed E-state index contributed by atoms with van der Waals surface area (Å²) in [5.41, 5.74) is 0. The smallest absolute Gasteiger partial charge is 0.201 e. The lowest BCUT2D eigenvalue weighted by atomic mass is 9.95. The van der Waals surface area contributed by atoms with Crippen molar-refractivity contribution in [2.45, 2.75) is 194 Å². The van der Waals surface area contributed by atoms with E-state index in [4.69, 9.17) is 0 Å². The molecule has 1 nitrogen and oxygen atoms in total. The van der Waals surface area contributed by atoms with Crippen molar-refractivity contribution in [3.63, 3.8) is 0 Å². The SMILES string of the molecule is CCCCCCCC/C=C\CCCCCCCCC([C]=O)CCCCCCCCCCCCCC. The summed E-state index contributed by atoms with van der Waals surface area (Å²) in [5, 5.41) is 0. The third-order valence-corrected chi connectivity index (χ3v) is 7.64. The van der Waals surface area contributed by atoms with Crippen LogP contribution >= 0.6 is 0 Å². The van der Waals surface area contributed by atoms with E-state index in [9.17, 15) is 4.79 Å². The van der Waals surface area contributed by atoms with Crippen LogP contribution in [-0.4, -0.2) is 6.29 Å². The van der Waals surface area contributed by atoms with E-state index in [0.29, 0.717) is 0 Å². The Balaban J connectivity index is 3.31. The summed E-state index contributed by atoms with van der Waals surface area (Å²) in [6, 6.07) is 0. The van der Waals surface area contributed by atoms with E-state index in [1.54, 1.807) is 0 Å². The van der Waals surface area contributed by atoms with Gasteiger partial charge in [0.05, 0.1) is 0 Å². The summed E-state index contributed by atoms with van der Waals surface area (Å²) in [7, 11) is 0. The van der Waals surface area contributed by atoms with Crippen LogP contribution in [0, 0.1) is 5.92 Å². The Morgan fingerprint density at radius 2 is 0.714 bits per heavy atom. The predicted molar refractivity (Wildman–Crippen MR) is 159 cm³/mol. The highest BCUT2D eigenvalue weighted by atomic mass is 16.1. The summed E-state index contributed by atoms with van der Waals surface area (Å²) < 4.78 is 0. The Morgan fingerprint density at radius 3 is 1.03 bits per heavy atom. The molecule has 0 aliphatic rings. The molecule has 0 aliphatic carbocycles. The van der Waals surface area contributed by atoms with Gasteiger partial charge in [-0.1, -0.05) is 167 Å². The summed E-state index contributed by atoms with van der Waals surface area (Å²) in [6.07, 6.45) is 44.8. The molecule has 0 rings (SSSR count). The van der Waals surface area contributed by atoms with E-state index < -0.39 is 0 Å². The predicted octanol–water partition coefficient (Wildman–Crippen LogP) is 12.2. The van der Waals surface area contributed by atoms with Crippen LogP contribution in [0.3, 0.4) is 0 Å². The van der Waals surface area contributed by atoms with Gasteiger partial charge in [-0.2, -0.15) is 0 Å². The molecule has 207 valence electrons. The van der Waals surface area contributed by atoms with Gasteiger partial charge in [-0.05, 0) is 38.5 Å². The van der Waals surface area contributed by atoms with Gasteiger partial charge in [0.15, 0.2) is 0 Å². The molecule has 1 heteroatoms. The summed E-state index contributed by atoms with van der Waals surface area (Å²) in [4.78, 5) is 11.3. The molecule has 0 heterocycles. The first-order valence-corrected chi connectivity index (χ1v) is 16.4. The third-order valence-electron chi connectivity index (χ3n) is 7.64. The topological polar surface area (TPSA) is 17.1 Å². The quantitative estimate of drug-likeness (QED) is 0.0724. The summed E-state index contributed by atoms with van der Waals surface area (Å²) >= 11 is 0. The lowest BCUT2D eigenvalue weighted by Gasteiger charge is -2.09. The van der Waals surface area contributed by atoms with Crippen LogP contribution in [0.15, 0.2) is 12.2 Å². The molecule has 0 spiro atoms. The second-order valence-electron chi connectivity index (χ2n) is 11.2. The zero-order chi connectivity index (χ0) is 25.5. The monoisotopic (exact) mass is 490 g/mol. The van der Waals surface area contributed by atoms with Gasteiger partial charge in [-0.3, -0.25) is 4.79 Å². The minimum atomic E-state index is 0.204. The molecule has 0 aromatic carbocycles. The van der Waals surface area contributed by atoms with E-state index in [1.807, 2.05) is 0 Å². The van der Waals surface area contributed by atoms with Gasteiger partial charge in [0.1, 0.15) is 0 Å². The summed E-state index contributed by atoms with van der Waals surface area (Å²) in [6.45, 7) is 4.57. The number of hydrogen-bond acceptors (Lipinski definition) is 1. The zero-order valence-corrected chi connectivity index (χ0v) is 24.4. The first-order chi connectivity index (χ1) is 17.3. The Morgan fingerprint density at radius 1 is 0.429 bits per heavy atom. The van der Waals surface area contributed by atoms with Crippen LogP contribution in [0.5, 0.6) is 0 Å². The molecule has 35 heavy (non-hydrogen) atoms. The largest absolute Gasteiger partial charge is 0.291 e. The van der Waals surface area contributed by atoms with E-state index >= 15 is 0 Å². The van der Waals surface area contributed by atoms with Crippen molar-refractivity contribution in [3.05, 3.63) is 12.2 Å². The van der Waals surface area contributed by atoms with E-state index in [1.165, 1.54) is 167 Å². The molecule has 1 unspecified atom stereocenters. The van der Waals surface area contributed by atoms with Crippen LogP contribution in [0.25, 0.3) is 0 Å². The maximum Gasteiger partial charge on any atom is 0.201 e. The Kier molecular flexibility index (Phi) is 30.9. The van der Waals surface area contributed by atoms with Crippen molar-refractivity contribution in [2.24, 2.45) is 5.92 Å². The Labute approximate surface area is 222 Å². The molecule has 0 N–H and O–H groups in total. The van der Waals surface area contributed by atoms with E-state index in [0.717, 1.165) is 12.8 Å². The number of hydrogen-bond donors (Lipinski definition) is 0. The van der Waals surface area contributed by atoms with E-state index in [-0.39, 0.29) is 5.92 Å². The van der Waals surface area contributed by atoms with Gasteiger partial charge in [0.25, 0.3) is 0 Å². The fourth-order valence-corrected chi connectivity index (χ4v) is 5.13. The van der Waals surface area contributed by atoms with Crippen LogP contribution in [-0.2, 0) is 4.79 Å². The number of carbonyl (C=O) groups excluding carboxylic acids is 1. The van der Waals surface area contributed by atoms with Crippen molar-refractivity contribution in [2.75, 3.05) is 0 Å². The first kappa shape index (κ1) is 34.4. The van der Waals surface area contributed by atoms with E-state index in [2.05, 4.69) is 32.3 Å².